The standard InChI is InChI=1S/C14H13N3O2/c1-10(11-5-4-8-15-9-11)16-17-14(19)12-6-2-3-7-13(12)18/h2-9,18H,1H3,(H,17,19). The molecular weight excluding hydrogens is 242 g/mol. The van der Waals surface area contributed by atoms with Crippen molar-refractivity contribution in [2.75, 3.05) is 0 Å². The molecule has 0 saturated heterocycles. The number of phenols is 1. The number of benzene rings is 1. The second-order valence-corrected chi connectivity index (χ2v) is 3.90. The topological polar surface area (TPSA) is 74.6 Å². The first-order valence-corrected chi connectivity index (χ1v) is 5.71. The Morgan fingerprint density at radius 1 is 1.26 bits per heavy atom. The Balaban J connectivity index is 2.11. The zero-order chi connectivity index (χ0) is 13.7. The zero-order valence-corrected chi connectivity index (χ0v) is 10.4. The van der Waals surface area contributed by atoms with Crippen molar-refractivity contribution in [2.24, 2.45) is 5.10 Å². The third-order valence-electron chi connectivity index (χ3n) is 2.55. The lowest BCUT2D eigenvalue weighted by atomic mass is 10.2. The van der Waals surface area contributed by atoms with Gasteiger partial charge in [-0.15, -0.1) is 0 Å². The second kappa shape index (κ2) is 5.77. The number of pyridine rings is 1. The number of hydrazone groups is 1. The van der Waals surface area contributed by atoms with Crippen LogP contribution in [0, 0.1) is 0 Å². The van der Waals surface area contributed by atoms with Crippen LogP contribution in [0.1, 0.15) is 22.8 Å². The number of carbonyl (C=O) groups is 1. The highest BCUT2D eigenvalue weighted by atomic mass is 16.3. The van der Waals surface area contributed by atoms with Gasteiger partial charge >= 0.3 is 0 Å². The maximum absolute atomic E-state index is 11.8. The fourth-order valence-corrected chi connectivity index (χ4v) is 1.50. The van der Waals surface area contributed by atoms with Gasteiger partial charge in [0, 0.05) is 18.0 Å². The number of phenolic OH excluding ortho intramolecular Hbond substituents is 1. The molecule has 0 aliphatic rings. The molecule has 0 aliphatic heterocycles. The highest BCUT2D eigenvalue weighted by Crippen LogP contribution is 2.14. The fraction of sp³-hybridized carbons (Fsp3) is 0.0714. The first-order valence-electron chi connectivity index (χ1n) is 5.71. The van der Waals surface area contributed by atoms with E-state index >= 15 is 0 Å². The van der Waals surface area contributed by atoms with Gasteiger partial charge < -0.3 is 5.11 Å². The minimum atomic E-state index is -0.457. The quantitative estimate of drug-likeness (QED) is 0.650. The van der Waals surface area contributed by atoms with E-state index in [9.17, 15) is 9.90 Å². The maximum atomic E-state index is 11.8. The molecule has 0 bridgehead atoms. The first-order chi connectivity index (χ1) is 9.18. The Labute approximate surface area is 110 Å². The first kappa shape index (κ1) is 12.8. The second-order valence-electron chi connectivity index (χ2n) is 3.90. The van der Waals surface area contributed by atoms with Crippen molar-refractivity contribution in [3.63, 3.8) is 0 Å². The molecule has 1 heterocycles. The predicted octanol–water partition coefficient (Wildman–Crippen LogP) is 1.94. The molecule has 0 radical (unpaired) electrons. The van der Waals surface area contributed by atoms with Crippen molar-refractivity contribution in [3.8, 4) is 5.75 Å². The summed E-state index contributed by atoms with van der Waals surface area (Å²) in [6.45, 7) is 1.77. The molecule has 1 amide bonds. The van der Waals surface area contributed by atoms with Crippen LogP contribution in [-0.2, 0) is 0 Å². The SMILES string of the molecule is CC(=NNC(=O)c1ccccc1O)c1cccnc1. The number of hydrogen-bond donors (Lipinski definition) is 2. The van der Waals surface area contributed by atoms with E-state index in [1.165, 1.54) is 12.1 Å². The molecule has 0 atom stereocenters. The molecule has 2 rings (SSSR count). The van der Waals surface area contributed by atoms with Gasteiger partial charge in [0.05, 0.1) is 11.3 Å². The molecule has 0 fully saturated rings. The molecule has 5 nitrogen and oxygen atoms in total. The molecule has 19 heavy (non-hydrogen) atoms. The number of amides is 1. The third-order valence-corrected chi connectivity index (χ3v) is 2.55. The van der Waals surface area contributed by atoms with Crippen LogP contribution in [0.3, 0.4) is 0 Å². The lowest BCUT2D eigenvalue weighted by Gasteiger charge is -2.04. The van der Waals surface area contributed by atoms with E-state index in [1.807, 2.05) is 6.07 Å². The van der Waals surface area contributed by atoms with Crippen LogP contribution in [0.4, 0.5) is 0 Å². The summed E-state index contributed by atoms with van der Waals surface area (Å²) in [5.74, 6) is -0.532. The number of para-hydroxylation sites is 1. The molecule has 1 aromatic carbocycles. The minimum absolute atomic E-state index is 0.0748. The van der Waals surface area contributed by atoms with Gasteiger partial charge in [-0.05, 0) is 25.1 Å². The average molecular weight is 255 g/mol. The van der Waals surface area contributed by atoms with Gasteiger partial charge in [0.2, 0.25) is 0 Å². The Bertz CT molecular complexity index is 609. The van der Waals surface area contributed by atoms with E-state index < -0.39 is 5.91 Å². The average Bonchev–Trinajstić information content (AvgIpc) is 2.46. The van der Waals surface area contributed by atoms with Crippen LogP contribution < -0.4 is 5.43 Å². The van der Waals surface area contributed by atoms with E-state index in [2.05, 4.69) is 15.5 Å². The maximum Gasteiger partial charge on any atom is 0.275 e. The predicted molar refractivity (Wildman–Crippen MR) is 72.0 cm³/mol. The van der Waals surface area contributed by atoms with E-state index in [1.54, 1.807) is 37.5 Å². The molecule has 2 N–H and O–H groups in total. The molecule has 0 spiro atoms. The molecular formula is C14H13N3O2. The normalized spacial score (nSPS) is 11.1. The molecule has 5 heteroatoms. The van der Waals surface area contributed by atoms with Gasteiger partial charge in [0.15, 0.2) is 0 Å². The summed E-state index contributed by atoms with van der Waals surface area (Å²) in [6.07, 6.45) is 3.32. The molecule has 0 aliphatic carbocycles. The summed E-state index contributed by atoms with van der Waals surface area (Å²) < 4.78 is 0. The van der Waals surface area contributed by atoms with Crippen LogP contribution in [-0.4, -0.2) is 21.7 Å². The van der Waals surface area contributed by atoms with Gasteiger partial charge in [-0.1, -0.05) is 18.2 Å². The fourth-order valence-electron chi connectivity index (χ4n) is 1.50. The lowest BCUT2D eigenvalue weighted by molar-refractivity contribution is 0.0952. The van der Waals surface area contributed by atoms with Gasteiger partial charge in [0.25, 0.3) is 5.91 Å². The number of carbonyl (C=O) groups excluding carboxylic acids is 1. The van der Waals surface area contributed by atoms with Crippen molar-refractivity contribution in [1.82, 2.24) is 10.4 Å². The molecule has 0 unspecified atom stereocenters. The summed E-state index contributed by atoms with van der Waals surface area (Å²) in [6, 6.07) is 9.94. The number of aromatic hydroxyl groups is 1. The summed E-state index contributed by atoms with van der Waals surface area (Å²) in [7, 11) is 0. The van der Waals surface area contributed by atoms with Crippen LogP contribution in [0.25, 0.3) is 0 Å². The van der Waals surface area contributed by atoms with Crippen LogP contribution in [0.5, 0.6) is 5.75 Å². The molecule has 96 valence electrons. The van der Waals surface area contributed by atoms with Gasteiger partial charge in [0.1, 0.15) is 5.75 Å². The molecule has 2 aromatic rings. The minimum Gasteiger partial charge on any atom is -0.507 e. The Kier molecular flexibility index (Phi) is 3.87. The Morgan fingerprint density at radius 2 is 2.05 bits per heavy atom. The highest BCUT2D eigenvalue weighted by Gasteiger charge is 2.09. The van der Waals surface area contributed by atoms with E-state index in [0.29, 0.717) is 5.71 Å². The van der Waals surface area contributed by atoms with Gasteiger partial charge in [-0.25, -0.2) is 5.43 Å². The smallest absolute Gasteiger partial charge is 0.275 e. The Morgan fingerprint density at radius 3 is 2.74 bits per heavy atom. The monoisotopic (exact) mass is 255 g/mol. The summed E-state index contributed by atoms with van der Waals surface area (Å²) in [5, 5.41) is 13.5. The van der Waals surface area contributed by atoms with Crippen LogP contribution in [0.2, 0.25) is 0 Å². The van der Waals surface area contributed by atoms with Crippen molar-refractivity contribution < 1.29 is 9.90 Å². The highest BCUT2D eigenvalue weighted by molar-refractivity contribution is 6.01. The van der Waals surface area contributed by atoms with E-state index in [4.69, 9.17) is 0 Å². The van der Waals surface area contributed by atoms with Crippen LogP contribution in [0.15, 0.2) is 53.9 Å². The number of rotatable bonds is 3. The van der Waals surface area contributed by atoms with Crippen molar-refractivity contribution in [2.45, 2.75) is 6.92 Å². The number of aromatic nitrogens is 1. The Hall–Kier alpha value is -2.69. The lowest BCUT2D eigenvalue weighted by Crippen LogP contribution is -2.19. The van der Waals surface area contributed by atoms with Gasteiger partial charge in [-0.2, -0.15) is 5.10 Å². The van der Waals surface area contributed by atoms with Crippen molar-refractivity contribution >= 4 is 11.6 Å². The summed E-state index contributed by atoms with van der Waals surface area (Å²) in [5.41, 5.74) is 4.04. The summed E-state index contributed by atoms with van der Waals surface area (Å²) in [4.78, 5) is 15.8. The largest absolute Gasteiger partial charge is 0.507 e. The number of nitrogens with zero attached hydrogens (tertiary/aromatic N) is 2. The number of hydrogen-bond acceptors (Lipinski definition) is 4. The molecule has 1 aromatic heterocycles. The summed E-state index contributed by atoms with van der Waals surface area (Å²) >= 11 is 0. The van der Waals surface area contributed by atoms with E-state index in [0.717, 1.165) is 5.56 Å². The van der Waals surface area contributed by atoms with Crippen LogP contribution >= 0.6 is 0 Å². The van der Waals surface area contributed by atoms with E-state index in [-0.39, 0.29) is 11.3 Å². The van der Waals surface area contributed by atoms with Crippen molar-refractivity contribution in [1.29, 1.82) is 0 Å². The number of nitrogens with one attached hydrogen (secondary N) is 1. The third kappa shape index (κ3) is 3.16. The zero-order valence-electron chi connectivity index (χ0n) is 10.4. The molecule has 0 saturated carbocycles. The van der Waals surface area contributed by atoms with Gasteiger partial charge in [-0.3, -0.25) is 9.78 Å². The van der Waals surface area contributed by atoms with Crippen molar-refractivity contribution in [3.05, 3.63) is 59.9 Å².